The fraction of sp³-hybridized carbons (Fsp3) is 0.320. The molecule has 0 N–H and O–H groups in total. The number of urea groups is 1. The lowest BCUT2D eigenvalue weighted by atomic mass is 10.1. The zero-order chi connectivity index (χ0) is 25.0. The summed E-state index contributed by atoms with van der Waals surface area (Å²) >= 11 is 0. The standard InChI is InChI=1S/C25H26FN5O4/c1-14-15(2)31-21-22(27-24(31)30(14)19-11-10-17(34-4)12-20(19)35-5)28(3)25(33)29(23(21)32)13-16-8-6-7-9-18(16)26/h6-12,21-22H,13H2,1-5H3. The second-order valence-corrected chi connectivity index (χ2v) is 8.61. The van der Waals surface area contributed by atoms with Crippen LogP contribution in [0.15, 0.2) is 58.9 Å². The van der Waals surface area contributed by atoms with E-state index in [4.69, 9.17) is 14.5 Å². The maximum Gasteiger partial charge on any atom is 0.328 e. The Morgan fingerprint density at radius 2 is 1.77 bits per heavy atom. The number of hydrogen-bond donors (Lipinski definition) is 0. The van der Waals surface area contributed by atoms with Crippen molar-refractivity contribution in [3.8, 4) is 11.5 Å². The van der Waals surface area contributed by atoms with Crippen LogP contribution in [-0.2, 0) is 11.3 Å². The van der Waals surface area contributed by atoms with Crippen LogP contribution in [0.2, 0.25) is 0 Å². The molecule has 9 nitrogen and oxygen atoms in total. The number of amides is 3. The van der Waals surface area contributed by atoms with E-state index in [1.165, 1.54) is 11.0 Å². The van der Waals surface area contributed by atoms with E-state index in [1.807, 2.05) is 35.8 Å². The topological polar surface area (TPSA) is 77.9 Å². The van der Waals surface area contributed by atoms with Crippen LogP contribution in [0, 0.1) is 5.82 Å². The predicted molar refractivity (Wildman–Crippen MR) is 127 cm³/mol. The number of ether oxygens (including phenoxy) is 2. The van der Waals surface area contributed by atoms with Gasteiger partial charge in [0, 0.05) is 30.1 Å². The molecule has 5 rings (SSSR count). The third-order valence-corrected chi connectivity index (χ3v) is 6.81. The molecule has 2 aromatic carbocycles. The average Bonchev–Trinajstić information content (AvgIpc) is 3.36. The van der Waals surface area contributed by atoms with Gasteiger partial charge in [-0.05, 0) is 32.0 Å². The highest BCUT2D eigenvalue weighted by Crippen LogP contribution is 2.43. The number of halogens is 1. The van der Waals surface area contributed by atoms with Gasteiger partial charge < -0.3 is 14.4 Å². The first-order valence-corrected chi connectivity index (χ1v) is 11.2. The van der Waals surface area contributed by atoms with Crippen LogP contribution in [0.25, 0.3) is 0 Å². The van der Waals surface area contributed by atoms with Crippen molar-refractivity contribution in [3.63, 3.8) is 0 Å². The van der Waals surface area contributed by atoms with Gasteiger partial charge in [0.25, 0.3) is 5.91 Å². The zero-order valence-corrected chi connectivity index (χ0v) is 20.2. The summed E-state index contributed by atoms with van der Waals surface area (Å²) in [6, 6.07) is 10.3. The van der Waals surface area contributed by atoms with Gasteiger partial charge in [0.05, 0.1) is 26.5 Å². The Kier molecular flexibility index (Phi) is 5.38. The molecule has 2 aromatic rings. The van der Waals surface area contributed by atoms with E-state index in [1.54, 1.807) is 45.5 Å². The number of rotatable bonds is 5. The SMILES string of the molecule is COc1ccc(N2C3=NC4C(C(=O)N(Cc5ccccc5F)C(=O)N4C)N3C(C)=C2C)c(OC)c1. The number of nitrogens with zero attached hydrogens (tertiary/aromatic N) is 5. The first-order valence-electron chi connectivity index (χ1n) is 11.2. The molecule has 3 heterocycles. The van der Waals surface area contributed by atoms with Crippen molar-refractivity contribution in [3.05, 3.63) is 65.2 Å². The number of anilines is 1. The fourth-order valence-corrected chi connectivity index (χ4v) is 4.81. The largest absolute Gasteiger partial charge is 0.497 e. The average molecular weight is 480 g/mol. The number of carbonyl (C=O) groups is 2. The second-order valence-electron chi connectivity index (χ2n) is 8.61. The molecule has 3 aliphatic heterocycles. The van der Waals surface area contributed by atoms with Crippen molar-refractivity contribution < 1.29 is 23.5 Å². The first-order chi connectivity index (χ1) is 16.8. The lowest BCUT2D eigenvalue weighted by Crippen LogP contribution is -2.64. The number of aliphatic imine (C=N–C) groups is 1. The summed E-state index contributed by atoms with van der Waals surface area (Å²) in [6.07, 6.45) is -0.711. The summed E-state index contributed by atoms with van der Waals surface area (Å²) in [4.78, 5) is 37.9. The highest BCUT2D eigenvalue weighted by atomic mass is 19.1. The lowest BCUT2D eigenvalue weighted by Gasteiger charge is -2.40. The Balaban J connectivity index is 1.53. The number of fused-ring (bicyclic) bond motifs is 3. The smallest absolute Gasteiger partial charge is 0.328 e. The molecule has 0 aromatic heterocycles. The third-order valence-electron chi connectivity index (χ3n) is 6.81. The molecule has 182 valence electrons. The normalized spacial score (nSPS) is 21.5. The monoisotopic (exact) mass is 479 g/mol. The Hall–Kier alpha value is -4.08. The molecule has 2 unspecified atom stereocenters. The number of methoxy groups -OCH3 is 2. The number of imide groups is 1. The Labute approximate surface area is 202 Å². The van der Waals surface area contributed by atoms with E-state index in [9.17, 15) is 14.0 Å². The van der Waals surface area contributed by atoms with Gasteiger partial charge in [-0.1, -0.05) is 18.2 Å². The summed E-state index contributed by atoms with van der Waals surface area (Å²) in [5.74, 6) is 0.862. The van der Waals surface area contributed by atoms with Gasteiger partial charge in [-0.25, -0.2) is 14.2 Å². The van der Waals surface area contributed by atoms with Crippen molar-refractivity contribution in [1.29, 1.82) is 0 Å². The van der Waals surface area contributed by atoms with Gasteiger partial charge in [0.2, 0.25) is 5.96 Å². The van der Waals surface area contributed by atoms with Gasteiger partial charge >= 0.3 is 6.03 Å². The maximum absolute atomic E-state index is 14.3. The van der Waals surface area contributed by atoms with Gasteiger partial charge in [-0.15, -0.1) is 0 Å². The summed E-state index contributed by atoms with van der Waals surface area (Å²) in [7, 11) is 4.76. The predicted octanol–water partition coefficient (Wildman–Crippen LogP) is 3.37. The minimum absolute atomic E-state index is 0.154. The number of allylic oxidation sites excluding steroid dienone is 2. The van der Waals surface area contributed by atoms with Crippen LogP contribution in [0.5, 0.6) is 11.5 Å². The molecule has 0 saturated carbocycles. The molecule has 2 atom stereocenters. The molecule has 3 amide bonds. The summed E-state index contributed by atoms with van der Waals surface area (Å²) in [5.41, 5.74) is 2.71. The molecule has 10 heteroatoms. The van der Waals surface area contributed by atoms with Crippen molar-refractivity contribution in [2.24, 2.45) is 4.99 Å². The molecular formula is C25H26FN5O4. The molecule has 35 heavy (non-hydrogen) atoms. The minimum Gasteiger partial charge on any atom is -0.497 e. The highest BCUT2D eigenvalue weighted by Gasteiger charge is 2.56. The van der Waals surface area contributed by atoms with Gasteiger partial charge in [-0.2, -0.15) is 0 Å². The summed E-state index contributed by atoms with van der Waals surface area (Å²) < 4.78 is 25.3. The lowest BCUT2D eigenvalue weighted by molar-refractivity contribution is -0.137. The van der Waals surface area contributed by atoms with Gasteiger partial charge in [0.1, 0.15) is 17.3 Å². The molecule has 0 bridgehead atoms. The number of benzene rings is 2. The number of carbonyl (C=O) groups excluding carboxylic acids is 2. The van der Waals surface area contributed by atoms with E-state index in [0.29, 0.717) is 17.5 Å². The fourth-order valence-electron chi connectivity index (χ4n) is 4.81. The van der Waals surface area contributed by atoms with Crippen molar-refractivity contribution >= 4 is 23.6 Å². The second kappa shape index (κ2) is 8.30. The van der Waals surface area contributed by atoms with Crippen LogP contribution >= 0.6 is 0 Å². The molecule has 0 aliphatic carbocycles. The Morgan fingerprint density at radius 1 is 1.03 bits per heavy atom. The molecule has 0 radical (unpaired) electrons. The number of guanidine groups is 1. The van der Waals surface area contributed by atoms with Gasteiger partial charge in [0.15, 0.2) is 12.2 Å². The molecular weight excluding hydrogens is 453 g/mol. The van der Waals surface area contributed by atoms with Crippen molar-refractivity contribution in [1.82, 2.24) is 14.7 Å². The van der Waals surface area contributed by atoms with Crippen LogP contribution in [0.1, 0.15) is 19.4 Å². The van der Waals surface area contributed by atoms with Crippen LogP contribution in [0.4, 0.5) is 14.9 Å². The molecule has 0 spiro atoms. The molecule has 1 fully saturated rings. The summed E-state index contributed by atoms with van der Waals surface area (Å²) in [6.45, 7) is 3.70. The third kappa shape index (κ3) is 3.31. The highest BCUT2D eigenvalue weighted by molar-refractivity contribution is 6.11. The first kappa shape index (κ1) is 22.7. The van der Waals surface area contributed by atoms with E-state index in [0.717, 1.165) is 22.0 Å². The number of likely N-dealkylation sites (N-methyl/N-ethyl adjacent to an activating group) is 1. The van der Waals surface area contributed by atoms with Crippen molar-refractivity contribution in [2.75, 3.05) is 26.2 Å². The zero-order valence-electron chi connectivity index (χ0n) is 20.2. The number of hydrogen-bond acceptors (Lipinski definition) is 7. The maximum atomic E-state index is 14.3. The van der Waals surface area contributed by atoms with E-state index in [-0.39, 0.29) is 12.1 Å². The van der Waals surface area contributed by atoms with Crippen molar-refractivity contribution in [2.45, 2.75) is 32.6 Å². The Morgan fingerprint density at radius 3 is 2.46 bits per heavy atom. The summed E-state index contributed by atoms with van der Waals surface area (Å²) in [5, 5.41) is 0. The van der Waals surface area contributed by atoms with Crippen LogP contribution in [-0.4, -0.2) is 66.1 Å². The molecule has 3 aliphatic rings. The van der Waals surface area contributed by atoms with Crippen LogP contribution in [0.3, 0.4) is 0 Å². The molecule has 1 saturated heterocycles. The minimum atomic E-state index is -0.760. The quantitative estimate of drug-likeness (QED) is 0.655. The van der Waals surface area contributed by atoms with E-state index >= 15 is 0 Å². The van der Waals surface area contributed by atoms with E-state index in [2.05, 4.69) is 0 Å². The van der Waals surface area contributed by atoms with E-state index < -0.39 is 30.0 Å². The van der Waals surface area contributed by atoms with Gasteiger partial charge in [-0.3, -0.25) is 19.5 Å². The Bertz CT molecular complexity index is 1290. The van der Waals surface area contributed by atoms with Crippen LogP contribution < -0.4 is 14.4 Å².